The summed E-state index contributed by atoms with van der Waals surface area (Å²) in [4.78, 5) is 22.1. The van der Waals surface area contributed by atoms with Crippen molar-refractivity contribution in [1.29, 1.82) is 0 Å². The maximum atomic E-state index is 11.4. The van der Waals surface area contributed by atoms with E-state index in [4.69, 9.17) is 9.84 Å². The van der Waals surface area contributed by atoms with Crippen molar-refractivity contribution in [3.05, 3.63) is 12.2 Å². The van der Waals surface area contributed by atoms with Gasteiger partial charge in [-0.15, -0.1) is 0 Å². The molecule has 0 aromatic rings. The quantitative estimate of drug-likeness (QED) is 0.748. The van der Waals surface area contributed by atoms with Gasteiger partial charge in [-0.2, -0.15) is 0 Å². The molecular weight excluding hydrogens is 220 g/mol. The number of hydrogen-bond acceptors (Lipinski definition) is 3. The van der Waals surface area contributed by atoms with Crippen LogP contribution in [0.25, 0.3) is 0 Å². The number of allylic oxidation sites excluding steroid dienone is 2. The second-order valence-electron chi connectivity index (χ2n) is 4.62. The van der Waals surface area contributed by atoms with E-state index in [9.17, 15) is 9.59 Å². The van der Waals surface area contributed by atoms with E-state index in [0.29, 0.717) is 6.42 Å². The zero-order valence-corrected chi connectivity index (χ0v) is 10.4. The molecule has 1 aliphatic rings. The highest BCUT2D eigenvalue weighted by Crippen LogP contribution is 2.28. The van der Waals surface area contributed by atoms with E-state index < -0.39 is 5.97 Å². The van der Waals surface area contributed by atoms with Crippen LogP contribution in [-0.4, -0.2) is 29.1 Å². The van der Waals surface area contributed by atoms with Gasteiger partial charge < -0.3 is 9.84 Å². The van der Waals surface area contributed by atoms with Gasteiger partial charge in [0, 0.05) is 6.42 Å². The molecule has 1 heterocycles. The number of ketones is 1. The number of ether oxygens (including phenoxy) is 1. The first kappa shape index (κ1) is 13.9. The van der Waals surface area contributed by atoms with Gasteiger partial charge in [0.25, 0.3) is 0 Å². The first-order valence-electron chi connectivity index (χ1n) is 6.05. The van der Waals surface area contributed by atoms with Gasteiger partial charge in [-0.25, -0.2) is 0 Å². The van der Waals surface area contributed by atoms with Gasteiger partial charge in [0.15, 0.2) is 5.78 Å². The van der Waals surface area contributed by atoms with Crippen LogP contribution in [0.2, 0.25) is 0 Å². The van der Waals surface area contributed by atoms with Crippen molar-refractivity contribution in [2.45, 2.75) is 51.7 Å². The van der Waals surface area contributed by atoms with Crippen molar-refractivity contribution in [3.63, 3.8) is 0 Å². The van der Waals surface area contributed by atoms with Gasteiger partial charge in [0.2, 0.25) is 0 Å². The highest BCUT2D eigenvalue weighted by Gasteiger charge is 2.30. The number of carboxylic acid groups (broad SMARTS) is 1. The molecule has 0 unspecified atom stereocenters. The van der Waals surface area contributed by atoms with Gasteiger partial charge in [0.1, 0.15) is 0 Å². The highest BCUT2D eigenvalue weighted by molar-refractivity contribution is 5.89. The molecule has 0 aromatic heterocycles. The van der Waals surface area contributed by atoms with Crippen molar-refractivity contribution < 1.29 is 19.4 Å². The fourth-order valence-electron chi connectivity index (χ4n) is 2.13. The van der Waals surface area contributed by atoms with Crippen LogP contribution in [0, 0.1) is 5.92 Å². The van der Waals surface area contributed by atoms with Gasteiger partial charge in [-0.3, -0.25) is 9.59 Å². The Balaban J connectivity index is 2.48. The van der Waals surface area contributed by atoms with Crippen LogP contribution in [-0.2, 0) is 14.3 Å². The third-order valence-electron chi connectivity index (χ3n) is 3.10. The van der Waals surface area contributed by atoms with Crippen molar-refractivity contribution in [1.82, 2.24) is 0 Å². The third-order valence-corrected chi connectivity index (χ3v) is 3.10. The Hall–Kier alpha value is -1.16. The van der Waals surface area contributed by atoms with Crippen LogP contribution < -0.4 is 0 Å². The number of carbonyl (C=O) groups excluding carboxylic acids is 1. The van der Waals surface area contributed by atoms with Crippen LogP contribution in [0.5, 0.6) is 0 Å². The third kappa shape index (κ3) is 4.69. The molecule has 0 saturated carbocycles. The summed E-state index contributed by atoms with van der Waals surface area (Å²) in [6.07, 6.45) is 4.99. The van der Waals surface area contributed by atoms with Crippen molar-refractivity contribution in [2.24, 2.45) is 5.92 Å². The monoisotopic (exact) mass is 240 g/mol. The van der Waals surface area contributed by atoms with Crippen LogP contribution in [0.1, 0.15) is 39.5 Å². The Morgan fingerprint density at radius 1 is 1.35 bits per heavy atom. The highest BCUT2D eigenvalue weighted by atomic mass is 16.5. The van der Waals surface area contributed by atoms with E-state index >= 15 is 0 Å². The molecule has 4 heteroatoms. The Kier molecular flexibility index (Phi) is 5.35. The molecule has 0 bridgehead atoms. The molecule has 1 fully saturated rings. The molecule has 1 saturated heterocycles. The zero-order chi connectivity index (χ0) is 12.8. The van der Waals surface area contributed by atoms with Gasteiger partial charge in [-0.05, 0) is 31.8 Å². The van der Waals surface area contributed by atoms with Crippen LogP contribution in [0.15, 0.2) is 12.2 Å². The van der Waals surface area contributed by atoms with E-state index in [1.807, 2.05) is 6.92 Å². The van der Waals surface area contributed by atoms with E-state index in [0.717, 1.165) is 12.8 Å². The molecule has 96 valence electrons. The molecule has 1 aliphatic heterocycles. The normalized spacial score (nSPS) is 29.4. The summed E-state index contributed by atoms with van der Waals surface area (Å²) < 4.78 is 5.69. The molecule has 3 atom stereocenters. The molecule has 1 rings (SSSR count). The van der Waals surface area contributed by atoms with Gasteiger partial charge in [-0.1, -0.05) is 13.0 Å². The van der Waals surface area contributed by atoms with Crippen LogP contribution >= 0.6 is 0 Å². The standard InChI is InChI=1S/C13H20O4/c1-3-4-10(14)7-11-6-5-9(2)12(17-11)8-13(15)16/h3-4,9,11-12H,5-8H2,1-2H3,(H,15,16)/b4-3+/t9-,11+,12-/m0/s1. The number of carbonyl (C=O) groups is 2. The van der Waals surface area contributed by atoms with Crippen LogP contribution in [0.3, 0.4) is 0 Å². The zero-order valence-electron chi connectivity index (χ0n) is 10.4. The maximum absolute atomic E-state index is 11.4. The van der Waals surface area contributed by atoms with Crippen LogP contribution in [0.4, 0.5) is 0 Å². The summed E-state index contributed by atoms with van der Waals surface area (Å²) in [6, 6.07) is 0. The topological polar surface area (TPSA) is 63.6 Å². The number of aliphatic carboxylic acids is 1. The average molecular weight is 240 g/mol. The summed E-state index contributed by atoms with van der Waals surface area (Å²) in [7, 11) is 0. The Labute approximate surface area is 102 Å². The number of carboxylic acids is 1. The number of rotatable bonds is 5. The van der Waals surface area contributed by atoms with Crippen molar-refractivity contribution in [3.8, 4) is 0 Å². The lowest BCUT2D eigenvalue weighted by atomic mass is 9.90. The molecule has 0 aliphatic carbocycles. The molecular formula is C13H20O4. The summed E-state index contributed by atoms with van der Waals surface area (Å²) in [5.74, 6) is -0.553. The molecule has 17 heavy (non-hydrogen) atoms. The molecule has 0 radical (unpaired) electrons. The van der Waals surface area contributed by atoms with Crippen molar-refractivity contribution >= 4 is 11.8 Å². The number of hydrogen-bond donors (Lipinski definition) is 1. The summed E-state index contributed by atoms with van der Waals surface area (Å²) in [5.41, 5.74) is 0. The van der Waals surface area contributed by atoms with Gasteiger partial charge in [0.05, 0.1) is 18.6 Å². The first-order chi connectivity index (χ1) is 8.02. The first-order valence-corrected chi connectivity index (χ1v) is 6.05. The second-order valence-corrected chi connectivity index (χ2v) is 4.62. The fourth-order valence-corrected chi connectivity index (χ4v) is 2.13. The lowest BCUT2D eigenvalue weighted by Gasteiger charge is -2.33. The Morgan fingerprint density at radius 2 is 2.06 bits per heavy atom. The van der Waals surface area contributed by atoms with E-state index in [2.05, 4.69) is 0 Å². The molecule has 0 amide bonds. The predicted octanol–water partition coefficient (Wildman–Crippen LogP) is 2.18. The lowest BCUT2D eigenvalue weighted by molar-refractivity contribution is -0.147. The van der Waals surface area contributed by atoms with E-state index in [1.165, 1.54) is 6.08 Å². The molecule has 4 nitrogen and oxygen atoms in total. The lowest BCUT2D eigenvalue weighted by Crippen LogP contribution is -2.36. The average Bonchev–Trinajstić information content (AvgIpc) is 2.22. The predicted molar refractivity (Wildman–Crippen MR) is 63.7 cm³/mol. The largest absolute Gasteiger partial charge is 0.481 e. The summed E-state index contributed by atoms with van der Waals surface area (Å²) in [5, 5.41) is 8.78. The van der Waals surface area contributed by atoms with Gasteiger partial charge >= 0.3 is 5.97 Å². The molecule has 0 aromatic carbocycles. The molecule has 1 N–H and O–H groups in total. The smallest absolute Gasteiger partial charge is 0.305 e. The minimum Gasteiger partial charge on any atom is -0.481 e. The van der Waals surface area contributed by atoms with Crippen molar-refractivity contribution in [2.75, 3.05) is 0 Å². The SMILES string of the molecule is C/C=C/C(=O)C[C@H]1CC[C@H](C)[C@H](CC(=O)O)O1. The van der Waals surface area contributed by atoms with E-state index in [1.54, 1.807) is 13.0 Å². The maximum Gasteiger partial charge on any atom is 0.305 e. The van der Waals surface area contributed by atoms with E-state index in [-0.39, 0.29) is 30.3 Å². The second kappa shape index (κ2) is 6.55. The minimum absolute atomic E-state index is 0.0233. The summed E-state index contributed by atoms with van der Waals surface area (Å²) in [6.45, 7) is 3.80. The summed E-state index contributed by atoms with van der Waals surface area (Å²) >= 11 is 0. The fraction of sp³-hybridized carbons (Fsp3) is 0.692. The minimum atomic E-state index is -0.845. The Morgan fingerprint density at radius 3 is 2.65 bits per heavy atom. The Bertz CT molecular complexity index is 309. The molecule has 0 spiro atoms.